The molecule has 0 amide bonds. The van der Waals surface area contributed by atoms with Crippen LogP contribution in [0.15, 0.2) is 24.3 Å². The van der Waals surface area contributed by atoms with Crippen LogP contribution in [0.4, 0.5) is 0 Å². The minimum atomic E-state index is 0. The number of para-hydroxylation sites is 1. The molecular formula is C13H18ClNO. The average molecular weight is 240 g/mol. The summed E-state index contributed by atoms with van der Waals surface area (Å²) in [7, 11) is 1.77. The summed E-state index contributed by atoms with van der Waals surface area (Å²) < 4.78 is 5.46. The maximum absolute atomic E-state index is 5.46. The van der Waals surface area contributed by atoms with Crippen LogP contribution < -0.4 is 10.1 Å². The van der Waals surface area contributed by atoms with Crippen LogP contribution in [0.1, 0.15) is 18.4 Å². The molecule has 2 heterocycles. The second-order valence-electron chi connectivity index (χ2n) is 4.89. The first kappa shape index (κ1) is 11.7. The Bertz CT molecular complexity index is 368. The van der Waals surface area contributed by atoms with Crippen LogP contribution in [0.25, 0.3) is 0 Å². The molecule has 2 nitrogen and oxygen atoms in total. The molecule has 0 atom stereocenters. The molecule has 2 bridgehead atoms. The number of halogens is 1. The van der Waals surface area contributed by atoms with Gasteiger partial charge in [0.15, 0.2) is 0 Å². The van der Waals surface area contributed by atoms with Gasteiger partial charge < -0.3 is 10.1 Å². The standard InChI is InChI=1S/C13H17NO.ClH/c1-15-12-5-3-2-4-11(12)13-6-10(7-13)8-14-9-13;/h2-5,10,14H,6-9H2,1H3;1H. The van der Waals surface area contributed by atoms with Gasteiger partial charge in [-0.25, -0.2) is 0 Å². The number of nitrogens with one attached hydrogen (secondary N) is 1. The Morgan fingerprint density at radius 2 is 2.06 bits per heavy atom. The molecule has 1 aromatic rings. The van der Waals surface area contributed by atoms with Crippen LogP contribution in [-0.4, -0.2) is 20.2 Å². The van der Waals surface area contributed by atoms with Gasteiger partial charge in [0, 0.05) is 17.5 Å². The van der Waals surface area contributed by atoms with Gasteiger partial charge in [-0.05, 0) is 31.4 Å². The third-order valence-corrected chi connectivity index (χ3v) is 3.93. The number of ether oxygens (including phenoxy) is 1. The summed E-state index contributed by atoms with van der Waals surface area (Å²) in [6.07, 6.45) is 2.67. The fraction of sp³-hybridized carbons (Fsp3) is 0.538. The van der Waals surface area contributed by atoms with Gasteiger partial charge in [0.25, 0.3) is 0 Å². The molecule has 3 fully saturated rings. The minimum absolute atomic E-state index is 0. The minimum Gasteiger partial charge on any atom is -0.496 e. The van der Waals surface area contributed by atoms with E-state index in [1.165, 1.54) is 24.9 Å². The maximum Gasteiger partial charge on any atom is 0.122 e. The van der Waals surface area contributed by atoms with Crippen molar-refractivity contribution in [1.82, 2.24) is 5.32 Å². The molecule has 4 rings (SSSR count). The Balaban J connectivity index is 0.000000963. The number of piperidine rings is 2. The van der Waals surface area contributed by atoms with Gasteiger partial charge in [0.05, 0.1) is 7.11 Å². The first-order valence-corrected chi connectivity index (χ1v) is 5.68. The Morgan fingerprint density at radius 1 is 1.31 bits per heavy atom. The van der Waals surface area contributed by atoms with E-state index in [0.29, 0.717) is 5.41 Å². The summed E-state index contributed by atoms with van der Waals surface area (Å²) in [6, 6.07) is 8.47. The van der Waals surface area contributed by atoms with Gasteiger partial charge in [-0.2, -0.15) is 0 Å². The van der Waals surface area contributed by atoms with E-state index in [9.17, 15) is 0 Å². The van der Waals surface area contributed by atoms with Gasteiger partial charge in [-0.1, -0.05) is 18.2 Å². The number of hydrogen-bond acceptors (Lipinski definition) is 2. The first-order chi connectivity index (χ1) is 7.34. The molecule has 0 aromatic heterocycles. The van der Waals surface area contributed by atoms with Gasteiger partial charge in [-0.15, -0.1) is 12.4 Å². The van der Waals surface area contributed by atoms with Crippen molar-refractivity contribution >= 4 is 12.4 Å². The largest absolute Gasteiger partial charge is 0.496 e. The summed E-state index contributed by atoms with van der Waals surface area (Å²) in [5.74, 6) is 1.95. The molecular weight excluding hydrogens is 222 g/mol. The van der Waals surface area contributed by atoms with E-state index in [0.717, 1.165) is 18.2 Å². The van der Waals surface area contributed by atoms with Crippen LogP contribution >= 0.6 is 12.4 Å². The topological polar surface area (TPSA) is 21.3 Å². The monoisotopic (exact) mass is 239 g/mol. The van der Waals surface area contributed by atoms with Crippen molar-refractivity contribution in [3.63, 3.8) is 0 Å². The molecule has 2 aliphatic heterocycles. The number of methoxy groups -OCH3 is 1. The normalized spacial score (nSPS) is 31.2. The van der Waals surface area contributed by atoms with Gasteiger partial charge in [0.1, 0.15) is 5.75 Å². The Morgan fingerprint density at radius 3 is 2.69 bits per heavy atom. The molecule has 1 aromatic carbocycles. The number of fused-ring (bicyclic) bond motifs is 2. The molecule has 16 heavy (non-hydrogen) atoms. The van der Waals surface area contributed by atoms with Crippen molar-refractivity contribution in [1.29, 1.82) is 0 Å². The highest BCUT2D eigenvalue weighted by atomic mass is 35.5. The van der Waals surface area contributed by atoms with E-state index in [1.54, 1.807) is 7.11 Å². The van der Waals surface area contributed by atoms with Crippen LogP contribution in [0, 0.1) is 5.92 Å². The van der Waals surface area contributed by atoms with E-state index < -0.39 is 0 Å². The molecule has 0 spiro atoms. The summed E-state index contributed by atoms with van der Waals surface area (Å²) in [5, 5.41) is 3.52. The third-order valence-electron chi connectivity index (χ3n) is 3.93. The van der Waals surface area contributed by atoms with Crippen molar-refractivity contribution in [3.8, 4) is 5.75 Å². The second kappa shape index (κ2) is 4.27. The fourth-order valence-corrected chi connectivity index (χ4v) is 3.25. The van der Waals surface area contributed by atoms with Gasteiger partial charge in [0.2, 0.25) is 0 Å². The first-order valence-electron chi connectivity index (χ1n) is 5.68. The molecule has 2 saturated heterocycles. The summed E-state index contributed by atoms with van der Waals surface area (Å²) >= 11 is 0. The van der Waals surface area contributed by atoms with Gasteiger partial charge >= 0.3 is 0 Å². The lowest BCUT2D eigenvalue weighted by atomic mass is 9.56. The van der Waals surface area contributed by atoms with E-state index in [2.05, 4.69) is 23.5 Å². The van der Waals surface area contributed by atoms with Crippen molar-refractivity contribution in [3.05, 3.63) is 29.8 Å². The zero-order valence-electron chi connectivity index (χ0n) is 9.53. The smallest absolute Gasteiger partial charge is 0.122 e. The lowest BCUT2D eigenvalue weighted by molar-refractivity contribution is 0.0875. The molecule has 0 unspecified atom stereocenters. The lowest BCUT2D eigenvalue weighted by Crippen LogP contribution is -2.57. The zero-order valence-corrected chi connectivity index (χ0v) is 10.3. The number of rotatable bonds is 2. The Hall–Kier alpha value is -0.730. The summed E-state index contributed by atoms with van der Waals surface area (Å²) in [4.78, 5) is 0. The molecule has 1 saturated carbocycles. The van der Waals surface area contributed by atoms with Crippen LogP contribution in [0.2, 0.25) is 0 Å². The van der Waals surface area contributed by atoms with E-state index in [1.807, 2.05) is 6.07 Å². The average Bonchev–Trinajstić information content (AvgIpc) is 2.28. The highest BCUT2D eigenvalue weighted by molar-refractivity contribution is 5.85. The van der Waals surface area contributed by atoms with E-state index in [4.69, 9.17) is 4.74 Å². The van der Waals surface area contributed by atoms with Crippen molar-refractivity contribution < 1.29 is 4.74 Å². The van der Waals surface area contributed by atoms with Crippen LogP contribution in [-0.2, 0) is 5.41 Å². The Kier molecular flexibility index (Phi) is 3.13. The molecule has 3 heteroatoms. The molecule has 1 aliphatic carbocycles. The third kappa shape index (κ3) is 1.61. The van der Waals surface area contributed by atoms with Crippen LogP contribution in [0.5, 0.6) is 5.75 Å². The predicted molar refractivity (Wildman–Crippen MR) is 67.5 cm³/mol. The van der Waals surface area contributed by atoms with Crippen molar-refractivity contribution in [2.75, 3.05) is 20.2 Å². The number of hydrogen-bond donors (Lipinski definition) is 1. The number of benzene rings is 1. The fourth-order valence-electron chi connectivity index (χ4n) is 3.25. The predicted octanol–water partition coefficient (Wildman–Crippen LogP) is 2.37. The van der Waals surface area contributed by atoms with Gasteiger partial charge in [-0.3, -0.25) is 0 Å². The van der Waals surface area contributed by atoms with E-state index >= 15 is 0 Å². The Labute approximate surface area is 103 Å². The molecule has 88 valence electrons. The quantitative estimate of drug-likeness (QED) is 0.856. The highest BCUT2D eigenvalue weighted by Gasteiger charge is 2.49. The SMILES string of the molecule is COc1ccccc1C12CNCC(C1)C2.Cl. The molecule has 1 N–H and O–H groups in total. The highest BCUT2D eigenvalue weighted by Crippen LogP contribution is 2.51. The lowest BCUT2D eigenvalue weighted by Gasteiger charge is -2.53. The maximum atomic E-state index is 5.46. The second-order valence-corrected chi connectivity index (χ2v) is 4.89. The van der Waals surface area contributed by atoms with E-state index in [-0.39, 0.29) is 12.4 Å². The molecule has 0 radical (unpaired) electrons. The van der Waals surface area contributed by atoms with Crippen molar-refractivity contribution in [2.24, 2.45) is 5.92 Å². The summed E-state index contributed by atoms with van der Waals surface area (Å²) in [6.45, 7) is 2.32. The molecule has 3 aliphatic rings. The zero-order chi connectivity index (χ0) is 10.3. The van der Waals surface area contributed by atoms with Crippen molar-refractivity contribution in [2.45, 2.75) is 18.3 Å². The van der Waals surface area contributed by atoms with Crippen LogP contribution in [0.3, 0.4) is 0 Å². The summed E-state index contributed by atoms with van der Waals surface area (Å²) in [5.41, 5.74) is 1.77.